The summed E-state index contributed by atoms with van der Waals surface area (Å²) < 4.78 is 0. The van der Waals surface area contributed by atoms with E-state index in [0.29, 0.717) is 0 Å². The van der Waals surface area contributed by atoms with E-state index in [1.54, 1.807) is 19.3 Å². The number of rotatable bonds is 14. The summed E-state index contributed by atoms with van der Waals surface area (Å²) in [5.41, 5.74) is 0. The van der Waals surface area contributed by atoms with Gasteiger partial charge >= 0.3 is 0 Å². The highest BCUT2D eigenvalue weighted by Crippen LogP contribution is 2.45. The maximum absolute atomic E-state index is 2.30. The summed E-state index contributed by atoms with van der Waals surface area (Å²) in [6.45, 7) is 4.61. The summed E-state index contributed by atoms with van der Waals surface area (Å²) in [5, 5.41) is 0. The van der Waals surface area contributed by atoms with Crippen LogP contribution in [0.3, 0.4) is 0 Å². The molecular weight excluding hydrogens is 228 g/mol. The minimum absolute atomic E-state index is 1.14. The fourth-order valence-corrected chi connectivity index (χ4v) is 3.39. The Morgan fingerprint density at radius 3 is 1.32 bits per heavy atom. The van der Waals surface area contributed by atoms with Crippen LogP contribution in [0.15, 0.2) is 0 Å². The first-order valence-corrected chi connectivity index (χ1v) is 9.38. The molecule has 19 heavy (non-hydrogen) atoms. The average Bonchev–Trinajstić information content (AvgIpc) is 3.16. The first kappa shape index (κ1) is 17.1. The molecule has 0 heterocycles. The number of hydrogen-bond donors (Lipinski definition) is 0. The Morgan fingerprint density at radius 1 is 0.526 bits per heavy atom. The Morgan fingerprint density at radius 2 is 0.895 bits per heavy atom. The third-order valence-corrected chi connectivity index (χ3v) is 4.93. The van der Waals surface area contributed by atoms with Crippen molar-refractivity contribution in [2.75, 3.05) is 0 Å². The molecule has 0 aromatic rings. The van der Waals surface area contributed by atoms with Gasteiger partial charge in [-0.2, -0.15) is 0 Å². The second-order valence-electron chi connectivity index (χ2n) is 6.87. The topological polar surface area (TPSA) is 0 Å². The van der Waals surface area contributed by atoms with E-state index in [9.17, 15) is 0 Å². The second-order valence-corrected chi connectivity index (χ2v) is 6.87. The summed E-state index contributed by atoms with van der Waals surface area (Å²) in [4.78, 5) is 0. The molecule has 0 aromatic carbocycles. The maximum Gasteiger partial charge on any atom is -0.0383 e. The van der Waals surface area contributed by atoms with Crippen molar-refractivity contribution in [2.24, 2.45) is 11.8 Å². The zero-order chi connectivity index (χ0) is 13.8. The van der Waals surface area contributed by atoms with Crippen LogP contribution in [-0.2, 0) is 0 Å². The van der Waals surface area contributed by atoms with Crippen LogP contribution in [0, 0.1) is 11.8 Å². The van der Waals surface area contributed by atoms with Crippen LogP contribution in [-0.4, -0.2) is 0 Å². The van der Waals surface area contributed by atoms with Crippen molar-refractivity contribution < 1.29 is 0 Å². The van der Waals surface area contributed by atoms with Crippen LogP contribution >= 0.6 is 0 Å². The Hall–Kier alpha value is 0. The van der Waals surface area contributed by atoms with Gasteiger partial charge in [-0.05, 0) is 18.3 Å². The van der Waals surface area contributed by atoms with Gasteiger partial charge in [0.05, 0.1) is 0 Å². The molecular formula is C19H38. The van der Waals surface area contributed by atoms with E-state index < -0.39 is 0 Å². The predicted molar refractivity (Wildman–Crippen MR) is 87.6 cm³/mol. The monoisotopic (exact) mass is 266 g/mol. The van der Waals surface area contributed by atoms with E-state index in [1.165, 1.54) is 77.0 Å². The molecule has 0 bridgehead atoms. The summed E-state index contributed by atoms with van der Waals surface area (Å²) in [7, 11) is 0. The molecule has 0 saturated heterocycles. The molecule has 0 spiro atoms. The van der Waals surface area contributed by atoms with Gasteiger partial charge in [-0.15, -0.1) is 0 Å². The molecule has 1 rings (SSSR count). The molecule has 2 atom stereocenters. The number of unbranched alkanes of at least 4 members (excludes halogenated alkanes) is 10. The number of hydrogen-bond acceptors (Lipinski definition) is 0. The Balaban J connectivity index is 1.76. The Labute approximate surface area is 122 Å². The maximum atomic E-state index is 2.30. The van der Waals surface area contributed by atoms with E-state index in [4.69, 9.17) is 0 Å². The first-order valence-electron chi connectivity index (χ1n) is 9.38. The first-order chi connectivity index (χ1) is 9.38. The van der Waals surface area contributed by atoms with Gasteiger partial charge in [0.15, 0.2) is 0 Å². The van der Waals surface area contributed by atoms with E-state index >= 15 is 0 Å². The zero-order valence-corrected chi connectivity index (χ0v) is 13.8. The van der Waals surface area contributed by atoms with Crippen LogP contribution < -0.4 is 0 Å². The SMILES string of the molecule is CCCCCCCCCC1CC1CCCCCCC. The van der Waals surface area contributed by atoms with Crippen molar-refractivity contribution >= 4 is 0 Å². The van der Waals surface area contributed by atoms with Gasteiger partial charge < -0.3 is 0 Å². The molecule has 0 heteroatoms. The molecule has 1 aliphatic rings. The van der Waals surface area contributed by atoms with Gasteiger partial charge in [-0.1, -0.05) is 104 Å². The van der Waals surface area contributed by atoms with Crippen molar-refractivity contribution in [3.05, 3.63) is 0 Å². The van der Waals surface area contributed by atoms with Gasteiger partial charge in [0.1, 0.15) is 0 Å². The van der Waals surface area contributed by atoms with E-state index in [-0.39, 0.29) is 0 Å². The highest BCUT2D eigenvalue weighted by atomic mass is 14.4. The van der Waals surface area contributed by atoms with Crippen molar-refractivity contribution in [1.29, 1.82) is 0 Å². The minimum Gasteiger partial charge on any atom is -0.0654 e. The summed E-state index contributed by atoms with van der Waals surface area (Å²) >= 11 is 0. The van der Waals surface area contributed by atoms with Crippen molar-refractivity contribution in [1.82, 2.24) is 0 Å². The van der Waals surface area contributed by atoms with Gasteiger partial charge in [0.2, 0.25) is 0 Å². The third kappa shape index (κ3) is 9.52. The molecule has 2 unspecified atom stereocenters. The van der Waals surface area contributed by atoms with Crippen molar-refractivity contribution in [2.45, 2.75) is 110 Å². The predicted octanol–water partition coefficient (Wildman–Crippen LogP) is 7.12. The van der Waals surface area contributed by atoms with E-state index in [0.717, 1.165) is 11.8 Å². The largest absolute Gasteiger partial charge is 0.0654 e. The Kier molecular flexibility index (Phi) is 10.6. The molecule has 1 saturated carbocycles. The van der Waals surface area contributed by atoms with Gasteiger partial charge in [-0.25, -0.2) is 0 Å². The molecule has 1 aliphatic carbocycles. The van der Waals surface area contributed by atoms with Gasteiger partial charge in [-0.3, -0.25) is 0 Å². The summed E-state index contributed by atoms with van der Waals surface area (Å²) in [6, 6.07) is 0. The molecule has 114 valence electrons. The van der Waals surface area contributed by atoms with Gasteiger partial charge in [0.25, 0.3) is 0 Å². The van der Waals surface area contributed by atoms with Crippen molar-refractivity contribution in [3.8, 4) is 0 Å². The highest BCUT2D eigenvalue weighted by molar-refractivity contribution is 4.85. The summed E-state index contributed by atoms with van der Waals surface area (Å²) in [5.74, 6) is 2.28. The van der Waals surface area contributed by atoms with Crippen LogP contribution in [0.2, 0.25) is 0 Å². The lowest BCUT2D eigenvalue weighted by Gasteiger charge is -2.02. The molecule has 1 fully saturated rings. The van der Waals surface area contributed by atoms with Crippen LogP contribution in [0.25, 0.3) is 0 Å². The molecule has 0 radical (unpaired) electrons. The van der Waals surface area contributed by atoms with Crippen molar-refractivity contribution in [3.63, 3.8) is 0 Å². The fraction of sp³-hybridized carbons (Fsp3) is 1.00. The lowest BCUT2D eigenvalue weighted by molar-refractivity contribution is 0.515. The normalized spacial score (nSPS) is 21.8. The van der Waals surface area contributed by atoms with Crippen LogP contribution in [0.5, 0.6) is 0 Å². The zero-order valence-electron chi connectivity index (χ0n) is 13.8. The highest BCUT2D eigenvalue weighted by Gasteiger charge is 2.34. The standard InChI is InChI=1S/C19H38/c1-3-5-7-9-10-12-14-16-19-17-18(19)15-13-11-8-6-4-2/h18-19H,3-17H2,1-2H3. The molecule has 0 N–H and O–H groups in total. The lowest BCUT2D eigenvalue weighted by Crippen LogP contribution is -1.86. The third-order valence-electron chi connectivity index (χ3n) is 4.93. The average molecular weight is 267 g/mol. The molecule has 0 aromatic heterocycles. The molecule has 0 nitrogen and oxygen atoms in total. The van der Waals surface area contributed by atoms with E-state index in [1.807, 2.05) is 0 Å². The second kappa shape index (κ2) is 11.8. The Bertz CT molecular complexity index is 184. The quantitative estimate of drug-likeness (QED) is 0.293. The van der Waals surface area contributed by atoms with E-state index in [2.05, 4.69) is 13.8 Å². The fourth-order valence-electron chi connectivity index (χ4n) is 3.39. The van der Waals surface area contributed by atoms with Crippen LogP contribution in [0.4, 0.5) is 0 Å². The molecule has 0 amide bonds. The van der Waals surface area contributed by atoms with Crippen LogP contribution in [0.1, 0.15) is 110 Å². The smallest absolute Gasteiger partial charge is 0.0383 e. The van der Waals surface area contributed by atoms with Gasteiger partial charge in [0, 0.05) is 0 Å². The summed E-state index contributed by atoms with van der Waals surface area (Å²) in [6.07, 6.45) is 22.3. The minimum atomic E-state index is 1.14. The molecule has 0 aliphatic heterocycles. The lowest BCUT2D eigenvalue weighted by atomic mass is 10.0.